The molecule has 0 amide bonds. The van der Waals surface area contributed by atoms with Crippen molar-refractivity contribution in [2.75, 3.05) is 0 Å². The molecule has 3 heterocycles. The first kappa shape index (κ1) is 34.2. The average molecular weight is 727 g/mol. The Morgan fingerprint density at radius 1 is 0.446 bits per heavy atom. The molecule has 1 aliphatic heterocycles. The molecule has 7 heteroatoms. The van der Waals surface area contributed by atoms with Crippen molar-refractivity contribution in [1.82, 2.24) is 19.9 Å². The second-order valence-electron chi connectivity index (χ2n) is 15.6. The van der Waals surface area contributed by atoms with Crippen molar-refractivity contribution >= 4 is 23.6 Å². The van der Waals surface area contributed by atoms with E-state index in [1.165, 1.54) is 0 Å². The molecule has 6 nitrogen and oxygen atoms in total. The summed E-state index contributed by atoms with van der Waals surface area (Å²) in [4.78, 5) is 21.9. The van der Waals surface area contributed by atoms with Crippen LogP contribution in [0, 0.1) is 0 Å². The van der Waals surface area contributed by atoms with Crippen LogP contribution in [-0.2, 0) is 14.7 Å². The first-order chi connectivity index (χ1) is 27.2. The average Bonchev–Trinajstić information content (AvgIpc) is 3.66. The summed E-state index contributed by atoms with van der Waals surface area (Å²) in [5, 5.41) is 0. The summed E-state index contributed by atoms with van der Waals surface area (Å²) < 4.78 is 13.1. The molecule has 0 radical (unpaired) electrons. The molecule has 270 valence electrons. The maximum atomic E-state index is 6.57. The minimum absolute atomic E-state index is 0.464. The first-order valence-electron chi connectivity index (χ1n) is 19.2. The molecule has 6 aromatic carbocycles. The van der Waals surface area contributed by atoms with Gasteiger partial charge in [0.05, 0.1) is 11.2 Å². The van der Waals surface area contributed by atoms with E-state index in [1.807, 2.05) is 66.7 Å². The smallest absolute Gasteiger partial charge is 0.399 e. The van der Waals surface area contributed by atoms with Crippen LogP contribution in [0.15, 0.2) is 164 Å². The van der Waals surface area contributed by atoms with Crippen molar-refractivity contribution in [3.05, 3.63) is 186 Å². The van der Waals surface area contributed by atoms with Crippen molar-refractivity contribution in [3.8, 4) is 45.0 Å². The lowest BCUT2D eigenvalue weighted by atomic mass is 9.70. The SMILES string of the molecule is CC1(C)OB(c2ccc3c(c2)-c2ccccc2C3(c2ccccc2)c2nc(-c3ccccc3)c3nc(-c4ccccc4)nc(-c4ccccc4)c3n2)OC1(C)C. The predicted molar refractivity (Wildman–Crippen MR) is 224 cm³/mol. The van der Waals surface area contributed by atoms with E-state index >= 15 is 0 Å². The Kier molecular flexibility index (Phi) is 7.89. The van der Waals surface area contributed by atoms with Crippen LogP contribution < -0.4 is 5.46 Å². The van der Waals surface area contributed by atoms with E-state index in [9.17, 15) is 0 Å². The van der Waals surface area contributed by atoms with E-state index in [1.54, 1.807) is 0 Å². The van der Waals surface area contributed by atoms with E-state index in [0.29, 0.717) is 22.7 Å². The second-order valence-corrected chi connectivity index (χ2v) is 15.6. The van der Waals surface area contributed by atoms with E-state index in [-0.39, 0.29) is 0 Å². The summed E-state index contributed by atoms with van der Waals surface area (Å²) in [5.41, 5.74) is 10.3. The number of hydrogen-bond donors (Lipinski definition) is 0. The molecule has 56 heavy (non-hydrogen) atoms. The Bertz CT molecular complexity index is 2740. The molecule has 1 saturated heterocycles. The molecule has 0 saturated carbocycles. The minimum atomic E-state index is -0.884. The van der Waals surface area contributed by atoms with Gasteiger partial charge in [-0.25, -0.2) is 19.9 Å². The van der Waals surface area contributed by atoms with Crippen LogP contribution in [0.5, 0.6) is 0 Å². The van der Waals surface area contributed by atoms with Crippen molar-refractivity contribution in [2.45, 2.75) is 44.3 Å². The lowest BCUT2D eigenvalue weighted by molar-refractivity contribution is 0.00578. The van der Waals surface area contributed by atoms with Crippen LogP contribution in [0.4, 0.5) is 0 Å². The molecule has 1 atom stereocenters. The lowest BCUT2D eigenvalue weighted by Crippen LogP contribution is -2.41. The van der Waals surface area contributed by atoms with Gasteiger partial charge in [-0.05, 0) is 61.0 Å². The van der Waals surface area contributed by atoms with Gasteiger partial charge >= 0.3 is 7.12 Å². The number of hydrogen-bond acceptors (Lipinski definition) is 6. The van der Waals surface area contributed by atoms with Gasteiger partial charge in [0.1, 0.15) is 33.7 Å². The van der Waals surface area contributed by atoms with Crippen LogP contribution in [0.2, 0.25) is 0 Å². The van der Waals surface area contributed by atoms with Crippen molar-refractivity contribution in [3.63, 3.8) is 0 Å². The number of benzene rings is 6. The Morgan fingerprint density at radius 3 is 1.57 bits per heavy atom. The minimum Gasteiger partial charge on any atom is -0.399 e. The molecule has 1 unspecified atom stereocenters. The monoisotopic (exact) mass is 726 g/mol. The van der Waals surface area contributed by atoms with Gasteiger partial charge in [-0.3, -0.25) is 0 Å². The summed E-state index contributed by atoms with van der Waals surface area (Å²) in [6.07, 6.45) is 0. The number of rotatable bonds is 6. The van der Waals surface area contributed by atoms with Gasteiger partial charge in [0.2, 0.25) is 0 Å². The van der Waals surface area contributed by atoms with Crippen molar-refractivity contribution in [1.29, 1.82) is 0 Å². The molecule has 1 fully saturated rings. The summed E-state index contributed by atoms with van der Waals surface area (Å²) in [6, 6.07) is 56.6. The molecule has 0 bridgehead atoms. The van der Waals surface area contributed by atoms with Crippen LogP contribution in [0.1, 0.15) is 50.2 Å². The van der Waals surface area contributed by atoms with Gasteiger partial charge < -0.3 is 9.31 Å². The maximum absolute atomic E-state index is 6.57. The van der Waals surface area contributed by atoms with Gasteiger partial charge in [-0.15, -0.1) is 0 Å². The summed E-state index contributed by atoms with van der Waals surface area (Å²) >= 11 is 0. The Hall–Kier alpha value is -6.28. The normalized spacial score (nSPS) is 17.8. The molecule has 10 rings (SSSR count). The van der Waals surface area contributed by atoms with Crippen LogP contribution in [0.25, 0.3) is 56.1 Å². The number of aromatic nitrogens is 4. The largest absolute Gasteiger partial charge is 0.494 e. The molecule has 1 aliphatic carbocycles. The van der Waals surface area contributed by atoms with E-state index in [4.69, 9.17) is 29.2 Å². The highest BCUT2D eigenvalue weighted by Gasteiger charge is 2.53. The van der Waals surface area contributed by atoms with Crippen molar-refractivity contribution < 1.29 is 9.31 Å². The summed E-state index contributed by atoms with van der Waals surface area (Å²) in [6.45, 7) is 8.36. The highest BCUT2D eigenvalue weighted by molar-refractivity contribution is 6.62. The zero-order chi connectivity index (χ0) is 38.1. The van der Waals surface area contributed by atoms with E-state index < -0.39 is 23.7 Å². The summed E-state index contributed by atoms with van der Waals surface area (Å²) in [5.74, 6) is 1.27. The van der Waals surface area contributed by atoms with Gasteiger partial charge in [0.15, 0.2) is 5.82 Å². The van der Waals surface area contributed by atoms with Crippen LogP contribution in [-0.4, -0.2) is 38.3 Å². The van der Waals surface area contributed by atoms with Gasteiger partial charge in [-0.1, -0.05) is 164 Å². The topological polar surface area (TPSA) is 70.0 Å². The quantitative estimate of drug-likeness (QED) is 0.159. The maximum Gasteiger partial charge on any atom is 0.494 e. The number of nitrogens with zero attached hydrogens (tertiary/aromatic N) is 4. The Balaban J connectivity index is 1.31. The van der Waals surface area contributed by atoms with Gasteiger partial charge in [0, 0.05) is 16.7 Å². The van der Waals surface area contributed by atoms with E-state index in [2.05, 4.69) is 125 Å². The molecular weight excluding hydrogens is 687 g/mol. The Morgan fingerprint density at radius 2 is 0.946 bits per heavy atom. The van der Waals surface area contributed by atoms with Crippen LogP contribution in [0.3, 0.4) is 0 Å². The van der Waals surface area contributed by atoms with Gasteiger partial charge in [0.25, 0.3) is 0 Å². The zero-order valence-electron chi connectivity index (χ0n) is 31.8. The predicted octanol–water partition coefficient (Wildman–Crippen LogP) is 10.1. The highest BCUT2D eigenvalue weighted by atomic mass is 16.7. The fourth-order valence-electron chi connectivity index (χ4n) is 8.29. The third kappa shape index (κ3) is 5.26. The van der Waals surface area contributed by atoms with E-state index in [0.717, 1.165) is 61.4 Å². The molecular formula is C49H39BN4O2. The molecule has 0 spiro atoms. The Labute approximate surface area is 327 Å². The first-order valence-corrected chi connectivity index (χ1v) is 19.2. The highest BCUT2D eigenvalue weighted by Crippen LogP contribution is 2.55. The molecule has 0 N–H and O–H groups in total. The zero-order valence-corrected chi connectivity index (χ0v) is 31.8. The third-order valence-electron chi connectivity index (χ3n) is 11.8. The number of fused-ring (bicyclic) bond motifs is 4. The standard InChI is InChI=1S/C49H39BN4O2/c1-47(2)48(3,4)56-50(55-47)36-29-30-40-38(31-36)37-27-17-18-28-39(37)49(40,35-25-15-8-16-26-35)46-53-42(33-21-11-6-12-22-33)43-44(54-46)41(32-19-9-5-10-20-32)51-45(52-43)34-23-13-7-14-24-34/h5-31H,1-4H3. The van der Waals surface area contributed by atoms with Crippen LogP contribution >= 0.6 is 0 Å². The van der Waals surface area contributed by atoms with Crippen molar-refractivity contribution in [2.24, 2.45) is 0 Å². The molecule has 8 aromatic rings. The summed E-state index contributed by atoms with van der Waals surface area (Å²) in [7, 11) is -0.504. The fraction of sp³-hybridized carbons (Fsp3) is 0.143. The second kappa shape index (κ2) is 12.9. The lowest BCUT2D eigenvalue weighted by Gasteiger charge is -2.32. The molecule has 2 aromatic heterocycles. The third-order valence-corrected chi connectivity index (χ3v) is 11.8. The fourth-order valence-corrected chi connectivity index (χ4v) is 8.29. The molecule has 2 aliphatic rings. The van der Waals surface area contributed by atoms with Gasteiger partial charge in [-0.2, -0.15) is 0 Å².